The van der Waals surface area contributed by atoms with Crippen molar-refractivity contribution in [3.63, 3.8) is 0 Å². The average Bonchev–Trinajstić information content (AvgIpc) is 2.13. The first-order valence-electron chi connectivity index (χ1n) is 3.26. The Morgan fingerprint density at radius 2 is 2.20 bits per heavy atom. The van der Waals surface area contributed by atoms with E-state index in [4.69, 9.17) is 5.73 Å². The number of aromatic nitrogens is 2. The zero-order valence-corrected chi connectivity index (χ0v) is 6.98. The van der Waals surface area contributed by atoms with Crippen LogP contribution in [0.4, 0.5) is 5.13 Å². The molecule has 0 aliphatic heterocycles. The van der Waals surface area contributed by atoms with Crippen LogP contribution < -0.4 is 5.73 Å². The summed E-state index contributed by atoms with van der Waals surface area (Å²) >= 11 is 1.47. The summed E-state index contributed by atoms with van der Waals surface area (Å²) in [4.78, 5) is 0. The maximum absolute atomic E-state index is 5.40. The molecule has 3 nitrogen and oxygen atoms in total. The van der Waals surface area contributed by atoms with Gasteiger partial charge in [0.25, 0.3) is 0 Å². The minimum absolute atomic E-state index is 0.565. The van der Waals surface area contributed by atoms with Gasteiger partial charge in [0.05, 0.1) is 0 Å². The Kier molecular flexibility index (Phi) is 2.21. The van der Waals surface area contributed by atoms with Gasteiger partial charge in [-0.2, -0.15) is 0 Å². The predicted octanol–water partition coefficient (Wildman–Crippen LogP) is 1.32. The average molecular weight is 157 g/mol. The number of anilines is 1. The molecular weight excluding hydrogens is 146 g/mol. The number of nitrogens with two attached hydrogens (primary N) is 1. The smallest absolute Gasteiger partial charge is 0.203 e. The second kappa shape index (κ2) is 2.96. The lowest BCUT2D eigenvalue weighted by atomic mass is 10.1. The quantitative estimate of drug-likeness (QED) is 0.704. The van der Waals surface area contributed by atoms with Crippen LogP contribution in [0.3, 0.4) is 0 Å². The van der Waals surface area contributed by atoms with Crippen LogP contribution in [-0.2, 0) is 6.42 Å². The molecule has 0 aromatic carbocycles. The van der Waals surface area contributed by atoms with Crippen LogP contribution in [0, 0.1) is 5.92 Å². The lowest BCUT2D eigenvalue weighted by molar-refractivity contribution is 0.640. The summed E-state index contributed by atoms with van der Waals surface area (Å²) in [6, 6.07) is 0. The Labute approximate surface area is 64.3 Å². The molecule has 0 aliphatic carbocycles. The largest absolute Gasteiger partial charge is 0.374 e. The lowest BCUT2D eigenvalue weighted by Gasteiger charge is -1.96. The summed E-state index contributed by atoms with van der Waals surface area (Å²) in [5.41, 5.74) is 5.40. The van der Waals surface area contributed by atoms with E-state index in [1.165, 1.54) is 11.3 Å². The topological polar surface area (TPSA) is 51.8 Å². The Hall–Kier alpha value is -0.640. The van der Waals surface area contributed by atoms with Gasteiger partial charge < -0.3 is 5.73 Å². The summed E-state index contributed by atoms with van der Waals surface area (Å²) in [6.07, 6.45) is 0.981. The predicted molar refractivity (Wildman–Crippen MR) is 42.9 cm³/mol. The number of rotatable bonds is 2. The third-order valence-corrected chi connectivity index (χ3v) is 1.84. The van der Waals surface area contributed by atoms with Crippen LogP contribution in [0.5, 0.6) is 0 Å². The lowest BCUT2D eigenvalue weighted by Crippen LogP contribution is -1.92. The number of hydrogen-bond acceptors (Lipinski definition) is 4. The Morgan fingerprint density at radius 3 is 2.60 bits per heavy atom. The first kappa shape index (κ1) is 7.47. The normalized spacial score (nSPS) is 10.7. The monoisotopic (exact) mass is 157 g/mol. The maximum atomic E-state index is 5.40. The Bertz CT molecular complexity index is 207. The summed E-state index contributed by atoms with van der Waals surface area (Å²) in [6.45, 7) is 4.30. The van der Waals surface area contributed by atoms with Crippen molar-refractivity contribution in [2.45, 2.75) is 20.3 Å². The van der Waals surface area contributed by atoms with Crippen molar-refractivity contribution in [1.82, 2.24) is 10.2 Å². The highest BCUT2D eigenvalue weighted by molar-refractivity contribution is 7.15. The van der Waals surface area contributed by atoms with Crippen molar-refractivity contribution in [3.05, 3.63) is 5.01 Å². The second-order valence-electron chi connectivity index (χ2n) is 2.63. The second-order valence-corrected chi connectivity index (χ2v) is 3.73. The first-order valence-corrected chi connectivity index (χ1v) is 4.08. The van der Waals surface area contributed by atoms with E-state index in [1.54, 1.807) is 0 Å². The van der Waals surface area contributed by atoms with E-state index in [0.29, 0.717) is 11.0 Å². The molecule has 0 bridgehead atoms. The van der Waals surface area contributed by atoms with Gasteiger partial charge >= 0.3 is 0 Å². The maximum Gasteiger partial charge on any atom is 0.203 e. The molecule has 0 spiro atoms. The van der Waals surface area contributed by atoms with Gasteiger partial charge in [0.15, 0.2) is 0 Å². The Morgan fingerprint density at radius 1 is 1.50 bits per heavy atom. The van der Waals surface area contributed by atoms with Gasteiger partial charge in [-0.25, -0.2) is 0 Å². The summed E-state index contributed by atoms with van der Waals surface area (Å²) in [7, 11) is 0. The molecule has 2 N–H and O–H groups in total. The van der Waals surface area contributed by atoms with Crippen LogP contribution in [0.25, 0.3) is 0 Å². The fraction of sp³-hybridized carbons (Fsp3) is 0.667. The molecule has 0 saturated carbocycles. The molecule has 1 aromatic heterocycles. The van der Waals surface area contributed by atoms with Crippen LogP contribution in [0.2, 0.25) is 0 Å². The van der Waals surface area contributed by atoms with Crippen molar-refractivity contribution in [2.75, 3.05) is 5.73 Å². The highest BCUT2D eigenvalue weighted by Gasteiger charge is 2.02. The minimum atomic E-state index is 0.565. The molecule has 0 saturated heterocycles. The van der Waals surface area contributed by atoms with Crippen LogP contribution in [0.15, 0.2) is 0 Å². The zero-order valence-electron chi connectivity index (χ0n) is 6.16. The zero-order chi connectivity index (χ0) is 7.56. The van der Waals surface area contributed by atoms with Crippen molar-refractivity contribution in [3.8, 4) is 0 Å². The molecule has 1 aromatic rings. The van der Waals surface area contributed by atoms with Gasteiger partial charge in [-0.3, -0.25) is 0 Å². The van der Waals surface area contributed by atoms with Crippen molar-refractivity contribution >= 4 is 16.5 Å². The molecule has 0 unspecified atom stereocenters. The van der Waals surface area contributed by atoms with E-state index < -0.39 is 0 Å². The van der Waals surface area contributed by atoms with Gasteiger partial charge in [0.2, 0.25) is 5.13 Å². The fourth-order valence-corrected chi connectivity index (χ4v) is 1.52. The van der Waals surface area contributed by atoms with Crippen molar-refractivity contribution in [1.29, 1.82) is 0 Å². The third kappa shape index (κ3) is 1.95. The molecule has 10 heavy (non-hydrogen) atoms. The summed E-state index contributed by atoms with van der Waals surface area (Å²) < 4.78 is 0. The molecular formula is C6H11N3S. The molecule has 56 valence electrons. The van der Waals surface area contributed by atoms with E-state index in [0.717, 1.165) is 11.4 Å². The van der Waals surface area contributed by atoms with Gasteiger partial charge in [0, 0.05) is 6.42 Å². The van der Waals surface area contributed by atoms with Gasteiger partial charge in [-0.1, -0.05) is 25.2 Å². The number of nitrogen functional groups attached to an aromatic ring is 1. The minimum Gasteiger partial charge on any atom is -0.374 e. The van der Waals surface area contributed by atoms with Gasteiger partial charge in [0.1, 0.15) is 5.01 Å². The van der Waals surface area contributed by atoms with Crippen molar-refractivity contribution < 1.29 is 0 Å². The molecule has 4 heteroatoms. The molecule has 0 atom stereocenters. The van der Waals surface area contributed by atoms with E-state index in [1.807, 2.05) is 0 Å². The first-order chi connectivity index (χ1) is 4.68. The van der Waals surface area contributed by atoms with Crippen LogP contribution in [-0.4, -0.2) is 10.2 Å². The third-order valence-electron chi connectivity index (χ3n) is 1.07. The van der Waals surface area contributed by atoms with E-state index in [2.05, 4.69) is 24.0 Å². The molecule has 1 heterocycles. The van der Waals surface area contributed by atoms with E-state index in [-0.39, 0.29) is 0 Å². The van der Waals surface area contributed by atoms with E-state index in [9.17, 15) is 0 Å². The van der Waals surface area contributed by atoms with Gasteiger partial charge in [-0.15, -0.1) is 10.2 Å². The van der Waals surface area contributed by atoms with Crippen LogP contribution in [0.1, 0.15) is 18.9 Å². The van der Waals surface area contributed by atoms with Crippen LogP contribution >= 0.6 is 11.3 Å². The summed E-state index contributed by atoms with van der Waals surface area (Å²) in [5.74, 6) is 0.632. The number of hydrogen-bond donors (Lipinski definition) is 1. The number of nitrogens with zero attached hydrogens (tertiary/aromatic N) is 2. The van der Waals surface area contributed by atoms with Gasteiger partial charge in [-0.05, 0) is 5.92 Å². The molecule has 1 rings (SSSR count). The molecule has 0 fully saturated rings. The highest BCUT2D eigenvalue weighted by atomic mass is 32.1. The highest BCUT2D eigenvalue weighted by Crippen LogP contribution is 2.14. The SMILES string of the molecule is CC(C)Cc1nnc(N)s1. The van der Waals surface area contributed by atoms with Crippen molar-refractivity contribution in [2.24, 2.45) is 5.92 Å². The fourth-order valence-electron chi connectivity index (χ4n) is 0.698. The Balaban J connectivity index is 2.58. The molecule has 0 amide bonds. The molecule has 0 aliphatic rings. The standard InChI is InChI=1S/C6H11N3S/c1-4(2)3-5-8-9-6(7)10-5/h4H,3H2,1-2H3,(H2,7,9). The van der Waals surface area contributed by atoms with E-state index >= 15 is 0 Å². The summed E-state index contributed by atoms with van der Waals surface area (Å²) in [5, 5.41) is 9.22. The molecule has 0 radical (unpaired) electrons.